The number of ether oxygens (including phenoxy) is 2. The highest BCUT2D eigenvalue weighted by atomic mass is 35.5. The molecule has 48 heavy (non-hydrogen) atoms. The molecule has 2 atom stereocenters. The molecule has 3 aromatic carbocycles. The zero-order valence-corrected chi connectivity index (χ0v) is 28.9. The number of aldehydes is 1. The van der Waals surface area contributed by atoms with Gasteiger partial charge in [-0.15, -0.1) is 0 Å². The molecule has 0 fully saturated rings. The molecular weight excluding hydrogens is 651 g/mol. The number of halogens is 2. The number of H-pyrrole nitrogens is 1. The molecule has 11 heteroatoms. The summed E-state index contributed by atoms with van der Waals surface area (Å²) in [6.07, 6.45) is 7.16. The second kappa shape index (κ2) is 20.1. The quantitative estimate of drug-likeness (QED) is 0.0639. The number of benzene rings is 3. The number of hydrogen-bond donors (Lipinski definition) is 3. The number of nitrogens with one attached hydrogen (secondary N) is 2. The van der Waals surface area contributed by atoms with E-state index in [1.165, 1.54) is 11.6 Å². The Labute approximate surface area is 291 Å². The van der Waals surface area contributed by atoms with Crippen molar-refractivity contribution in [1.82, 2.24) is 15.2 Å². The summed E-state index contributed by atoms with van der Waals surface area (Å²) in [4.78, 5) is 30.9. The van der Waals surface area contributed by atoms with Crippen molar-refractivity contribution in [3.63, 3.8) is 0 Å². The van der Waals surface area contributed by atoms with E-state index in [4.69, 9.17) is 32.7 Å². The fourth-order valence-corrected chi connectivity index (χ4v) is 5.40. The van der Waals surface area contributed by atoms with Gasteiger partial charge in [-0.05, 0) is 92.2 Å². The lowest BCUT2D eigenvalue weighted by Crippen LogP contribution is -2.34. The number of aromatic nitrogens is 1. The Morgan fingerprint density at radius 2 is 1.79 bits per heavy atom. The largest absolute Gasteiger partial charge is 0.497 e. The third kappa shape index (κ3) is 11.1. The van der Waals surface area contributed by atoms with Crippen LogP contribution in [0.4, 0.5) is 0 Å². The molecule has 0 radical (unpaired) electrons. The molecule has 2 heterocycles. The van der Waals surface area contributed by atoms with E-state index in [1.54, 1.807) is 38.5 Å². The van der Waals surface area contributed by atoms with Gasteiger partial charge >= 0.3 is 0 Å². The smallest absolute Gasteiger partial charge is 0.210 e. The highest BCUT2D eigenvalue weighted by Crippen LogP contribution is 2.38. The van der Waals surface area contributed by atoms with Gasteiger partial charge in [0, 0.05) is 52.4 Å². The summed E-state index contributed by atoms with van der Waals surface area (Å²) in [7, 11) is 3.44. The van der Waals surface area contributed by atoms with Gasteiger partial charge in [-0.25, -0.2) is 0 Å². The zero-order chi connectivity index (χ0) is 34.9. The van der Waals surface area contributed by atoms with Gasteiger partial charge in [-0.1, -0.05) is 48.0 Å². The van der Waals surface area contributed by atoms with Gasteiger partial charge < -0.3 is 29.8 Å². The van der Waals surface area contributed by atoms with Crippen molar-refractivity contribution in [2.24, 2.45) is 4.99 Å². The second-order valence-corrected chi connectivity index (χ2v) is 11.5. The van der Waals surface area contributed by atoms with Crippen molar-refractivity contribution in [1.29, 1.82) is 0 Å². The first-order valence-electron chi connectivity index (χ1n) is 15.4. The molecule has 0 aliphatic carbocycles. The Balaban J connectivity index is 0.000000284. The average molecular weight is 694 g/mol. The highest BCUT2D eigenvalue weighted by Gasteiger charge is 2.31. The molecule has 1 amide bonds. The lowest BCUT2D eigenvalue weighted by molar-refractivity contribution is -0.120. The lowest BCUT2D eigenvalue weighted by Gasteiger charge is -2.33. The van der Waals surface area contributed by atoms with Crippen LogP contribution in [0.25, 0.3) is 10.9 Å². The Morgan fingerprint density at radius 1 is 1.10 bits per heavy atom. The second-order valence-electron chi connectivity index (χ2n) is 10.6. The molecule has 0 spiro atoms. The zero-order valence-electron chi connectivity index (χ0n) is 27.4. The first-order chi connectivity index (χ1) is 23.3. The number of rotatable bonds is 12. The maximum atomic E-state index is 11.8. The van der Waals surface area contributed by atoms with Crippen molar-refractivity contribution in [2.45, 2.75) is 31.9 Å². The minimum Gasteiger partial charge on any atom is -0.497 e. The Morgan fingerprint density at radius 3 is 2.40 bits per heavy atom. The summed E-state index contributed by atoms with van der Waals surface area (Å²) in [6.45, 7) is 6.82. The number of aromatic amines is 1. The third-order valence-corrected chi connectivity index (χ3v) is 7.84. The number of aliphatic hydroxyl groups excluding tert-OH is 1. The predicted molar refractivity (Wildman–Crippen MR) is 195 cm³/mol. The molecule has 2 unspecified atom stereocenters. The van der Waals surface area contributed by atoms with Crippen molar-refractivity contribution >= 4 is 53.0 Å². The van der Waals surface area contributed by atoms with E-state index in [1.807, 2.05) is 66.5 Å². The number of allylic oxidation sites excluding steroid dienone is 3. The fraction of sp³-hybridized carbons (Fsp3) is 0.270. The van der Waals surface area contributed by atoms with Crippen LogP contribution in [0.3, 0.4) is 0 Å². The molecule has 9 nitrogen and oxygen atoms in total. The van der Waals surface area contributed by atoms with E-state index in [2.05, 4.69) is 21.9 Å². The number of likely N-dealkylation sites (N-methyl/N-ethyl adjacent to an activating group) is 1. The topological polar surface area (TPSA) is 116 Å². The standard InChI is InChI=1S/C23H26ClN3O3.C7H7ClO.C7H9NO/c1-25-13-17(29)9-11-30-18-5-2-15(3-6-18)23-22-19(8-10-27(23)14-28)20-12-16(24)4-7-21(20)26-22;1-9-7-4-2-6(8)3-5-7;1-3-5-7(6-9)8-4-2/h2-7,12,14,17,23,25-26,29H,8-11,13H2,1H3;2-5H,1H3;3-6H,1H2,2H3/b;;7-5-,8-4?. The van der Waals surface area contributed by atoms with Crippen LogP contribution in [0.1, 0.15) is 36.2 Å². The predicted octanol–water partition coefficient (Wildman–Crippen LogP) is 6.97. The Kier molecular flexibility index (Phi) is 15.9. The third-order valence-electron chi connectivity index (χ3n) is 7.35. The SMILES string of the molecule is C=C/C=C(/C=O)N=CC.CNCC(O)CCOc1ccc(C2c3[nH]c4ccc(Cl)cc4c3CCN2C=O)cc1.COc1ccc(Cl)cc1. The summed E-state index contributed by atoms with van der Waals surface area (Å²) >= 11 is 11.8. The number of carbonyl (C=O) groups excluding carboxylic acids is 2. The van der Waals surface area contributed by atoms with Crippen LogP contribution in [-0.2, 0) is 16.0 Å². The number of nitrogens with zero attached hydrogens (tertiary/aromatic N) is 2. The van der Waals surface area contributed by atoms with E-state index < -0.39 is 6.10 Å². The van der Waals surface area contributed by atoms with Crippen LogP contribution in [0, 0.1) is 0 Å². The minimum absolute atomic E-state index is 0.177. The van der Waals surface area contributed by atoms with Gasteiger partial charge in [0.05, 0.1) is 25.9 Å². The molecule has 0 saturated carbocycles. The number of carbonyl (C=O) groups is 2. The van der Waals surface area contributed by atoms with Crippen molar-refractivity contribution in [3.8, 4) is 11.5 Å². The summed E-state index contributed by atoms with van der Waals surface area (Å²) in [5, 5.41) is 15.3. The van der Waals surface area contributed by atoms with Crippen molar-refractivity contribution in [3.05, 3.63) is 118 Å². The van der Waals surface area contributed by atoms with Gasteiger partial charge in [0.25, 0.3) is 0 Å². The first kappa shape index (κ1) is 38.0. The summed E-state index contributed by atoms with van der Waals surface area (Å²) in [5.74, 6) is 1.58. The van der Waals surface area contributed by atoms with Crippen LogP contribution in [-0.4, -0.2) is 73.9 Å². The van der Waals surface area contributed by atoms with Gasteiger partial charge in [0.15, 0.2) is 6.29 Å². The summed E-state index contributed by atoms with van der Waals surface area (Å²) < 4.78 is 10.7. The van der Waals surface area contributed by atoms with Crippen molar-refractivity contribution < 1.29 is 24.2 Å². The number of aliphatic imine (C=N–C) groups is 1. The van der Waals surface area contributed by atoms with Gasteiger partial charge in [0.1, 0.15) is 17.2 Å². The van der Waals surface area contributed by atoms with Crippen LogP contribution >= 0.6 is 23.2 Å². The minimum atomic E-state index is -0.424. The molecule has 1 aromatic heterocycles. The normalized spacial score (nSPS) is 14.6. The van der Waals surface area contributed by atoms with E-state index >= 15 is 0 Å². The number of methoxy groups -OCH3 is 1. The van der Waals surface area contributed by atoms with Crippen LogP contribution in [0.2, 0.25) is 10.0 Å². The highest BCUT2D eigenvalue weighted by molar-refractivity contribution is 6.31. The molecule has 3 N–H and O–H groups in total. The Hall–Kier alpha value is -4.41. The average Bonchev–Trinajstić information content (AvgIpc) is 3.47. The molecule has 5 rings (SSSR count). The maximum Gasteiger partial charge on any atom is 0.210 e. The Bertz CT molecular complexity index is 1670. The molecule has 1 aliphatic heterocycles. The van der Waals surface area contributed by atoms with E-state index in [0.29, 0.717) is 43.1 Å². The van der Waals surface area contributed by atoms with E-state index in [-0.39, 0.29) is 6.04 Å². The molecular formula is C37H42Cl2N4O5. The lowest BCUT2D eigenvalue weighted by atomic mass is 9.93. The molecule has 0 bridgehead atoms. The van der Waals surface area contributed by atoms with Gasteiger partial charge in [-0.3, -0.25) is 14.6 Å². The van der Waals surface area contributed by atoms with Crippen molar-refractivity contribution in [2.75, 3.05) is 33.9 Å². The number of aliphatic hydroxyl groups is 1. The maximum absolute atomic E-state index is 11.8. The molecule has 0 saturated heterocycles. The first-order valence-corrected chi connectivity index (χ1v) is 16.2. The van der Waals surface area contributed by atoms with Gasteiger partial charge in [0.2, 0.25) is 6.41 Å². The van der Waals surface area contributed by atoms with E-state index in [9.17, 15) is 14.7 Å². The number of hydrogen-bond acceptors (Lipinski definition) is 7. The number of fused-ring (bicyclic) bond motifs is 3. The van der Waals surface area contributed by atoms with Crippen LogP contribution < -0.4 is 14.8 Å². The summed E-state index contributed by atoms with van der Waals surface area (Å²) in [5.41, 5.74) is 4.70. The van der Waals surface area contributed by atoms with Gasteiger partial charge in [-0.2, -0.15) is 0 Å². The molecule has 254 valence electrons. The fourth-order valence-electron chi connectivity index (χ4n) is 5.10. The van der Waals surface area contributed by atoms with Crippen LogP contribution in [0.15, 0.2) is 96.2 Å². The van der Waals surface area contributed by atoms with Crippen LogP contribution in [0.5, 0.6) is 11.5 Å². The molecule has 1 aliphatic rings. The van der Waals surface area contributed by atoms with E-state index in [0.717, 1.165) is 51.5 Å². The summed E-state index contributed by atoms with van der Waals surface area (Å²) in [6, 6.07) is 20.7. The monoisotopic (exact) mass is 692 g/mol. The number of amides is 1. The molecule has 4 aromatic rings.